The van der Waals surface area contributed by atoms with Crippen molar-refractivity contribution in [1.82, 2.24) is 10.3 Å². The molecule has 0 bridgehead atoms. The molecule has 0 fully saturated rings. The van der Waals surface area contributed by atoms with Crippen molar-refractivity contribution < 1.29 is 9.90 Å². The summed E-state index contributed by atoms with van der Waals surface area (Å²) in [5, 5.41) is 14.5. The Morgan fingerprint density at radius 3 is 2.59 bits per heavy atom. The van der Waals surface area contributed by atoms with Gasteiger partial charge in [0.25, 0.3) is 0 Å². The predicted molar refractivity (Wildman–Crippen MR) is 89.0 cm³/mol. The van der Waals surface area contributed by atoms with Gasteiger partial charge in [-0.2, -0.15) is 0 Å². The molecule has 0 aliphatic carbocycles. The van der Waals surface area contributed by atoms with Gasteiger partial charge >= 0.3 is 0 Å². The molecular formula is C16H19ClN2O2S. The highest BCUT2D eigenvalue weighted by Gasteiger charge is 2.27. The van der Waals surface area contributed by atoms with Gasteiger partial charge in [-0.05, 0) is 38.5 Å². The first-order valence-electron chi connectivity index (χ1n) is 6.95. The van der Waals surface area contributed by atoms with E-state index in [2.05, 4.69) is 10.3 Å². The molecular weight excluding hydrogens is 320 g/mol. The second-order valence-corrected chi connectivity index (χ2v) is 7.39. The van der Waals surface area contributed by atoms with Crippen LogP contribution in [0.4, 0.5) is 0 Å². The predicted octanol–water partition coefficient (Wildman–Crippen LogP) is 3.58. The average Bonchev–Trinajstić information content (AvgIpc) is 2.86. The Labute approximate surface area is 139 Å². The zero-order chi connectivity index (χ0) is 16.3. The van der Waals surface area contributed by atoms with Crippen LogP contribution in [-0.2, 0) is 10.3 Å². The molecule has 0 radical (unpaired) electrons. The zero-order valence-corrected chi connectivity index (χ0v) is 14.3. The second kappa shape index (κ2) is 6.77. The van der Waals surface area contributed by atoms with Crippen LogP contribution in [0.3, 0.4) is 0 Å². The van der Waals surface area contributed by atoms with Crippen molar-refractivity contribution >= 4 is 28.8 Å². The van der Waals surface area contributed by atoms with Gasteiger partial charge in [0.15, 0.2) is 0 Å². The summed E-state index contributed by atoms with van der Waals surface area (Å²) in [7, 11) is 0. The maximum Gasteiger partial charge on any atom is 0.223 e. The second-order valence-electron chi connectivity index (χ2n) is 5.72. The van der Waals surface area contributed by atoms with Gasteiger partial charge in [-0.3, -0.25) is 4.79 Å². The summed E-state index contributed by atoms with van der Waals surface area (Å²) in [6.07, 6.45) is 0.928. The lowest BCUT2D eigenvalue weighted by molar-refractivity contribution is -0.124. The van der Waals surface area contributed by atoms with Crippen LogP contribution in [-0.4, -0.2) is 16.0 Å². The molecule has 1 aromatic carbocycles. The molecule has 0 aliphatic heterocycles. The van der Waals surface area contributed by atoms with E-state index in [0.717, 1.165) is 9.88 Å². The first kappa shape index (κ1) is 16.9. The van der Waals surface area contributed by atoms with Crippen LogP contribution in [0.5, 0.6) is 0 Å². The molecule has 1 amide bonds. The number of nitrogens with zero attached hydrogens (tertiary/aromatic N) is 1. The lowest BCUT2D eigenvalue weighted by atomic mass is 10.0. The van der Waals surface area contributed by atoms with Gasteiger partial charge in [0.05, 0.1) is 18.1 Å². The smallest absolute Gasteiger partial charge is 0.223 e. The van der Waals surface area contributed by atoms with Gasteiger partial charge in [0, 0.05) is 16.1 Å². The van der Waals surface area contributed by atoms with E-state index in [1.54, 1.807) is 41.8 Å². The minimum Gasteiger partial charge on any atom is -0.388 e. The van der Waals surface area contributed by atoms with Gasteiger partial charge in [-0.15, -0.1) is 11.3 Å². The normalized spacial score (nSPS) is 13.0. The molecule has 2 aromatic rings. The molecule has 1 aromatic heterocycles. The average molecular weight is 339 g/mol. The minimum absolute atomic E-state index is 0.00454. The summed E-state index contributed by atoms with van der Waals surface area (Å²) in [5.41, 5.74) is 0.109. The molecule has 1 heterocycles. The van der Waals surface area contributed by atoms with Crippen LogP contribution < -0.4 is 5.32 Å². The topological polar surface area (TPSA) is 62.2 Å². The molecule has 2 rings (SSSR count). The van der Waals surface area contributed by atoms with Crippen molar-refractivity contribution in [2.75, 3.05) is 0 Å². The van der Waals surface area contributed by atoms with Gasteiger partial charge in [0.2, 0.25) is 5.91 Å². The quantitative estimate of drug-likeness (QED) is 0.875. The number of aliphatic hydroxyl groups excluding tert-OH is 1. The zero-order valence-electron chi connectivity index (χ0n) is 12.8. The van der Waals surface area contributed by atoms with Crippen molar-refractivity contribution in [2.24, 2.45) is 0 Å². The van der Waals surface area contributed by atoms with E-state index in [0.29, 0.717) is 10.6 Å². The van der Waals surface area contributed by atoms with Gasteiger partial charge in [-0.1, -0.05) is 23.7 Å². The number of thiazole rings is 1. The molecule has 0 spiro atoms. The molecule has 6 heteroatoms. The maximum atomic E-state index is 12.2. The Hall–Kier alpha value is -1.43. The number of aliphatic hydroxyl groups is 1. The van der Waals surface area contributed by atoms with Gasteiger partial charge in [0.1, 0.15) is 5.01 Å². The number of hydrogen-bond acceptors (Lipinski definition) is 4. The fraction of sp³-hybridized carbons (Fsp3) is 0.375. The summed E-state index contributed by atoms with van der Waals surface area (Å²) < 4.78 is 0. The molecule has 1 atom stereocenters. The van der Waals surface area contributed by atoms with Crippen molar-refractivity contribution in [2.45, 2.75) is 38.8 Å². The summed E-state index contributed by atoms with van der Waals surface area (Å²) in [4.78, 5) is 17.6. The number of carbonyl (C=O) groups is 1. The Morgan fingerprint density at radius 1 is 1.41 bits per heavy atom. The van der Waals surface area contributed by atoms with E-state index in [1.807, 2.05) is 20.8 Å². The molecule has 118 valence electrons. The fourth-order valence-electron chi connectivity index (χ4n) is 2.08. The maximum absolute atomic E-state index is 12.2. The number of hydrogen-bond donors (Lipinski definition) is 2. The standard InChI is InChI=1S/C16H19ClN2O2S/c1-10-9-18-15(22-10)16(2,3)19-14(21)8-13(20)11-4-6-12(17)7-5-11/h4-7,9,13,20H,8H2,1-3H3,(H,19,21). The first-order valence-corrected chi connectivity index (χ1v) is 8.15. The number of halogens is 1. The summed E-state index contributed by atoms with van der Waals surface area (Å²) >= 11 is 7.36. The van der Waals surface area contributed by atoms with Crippen LogP contribution in [0.25, 0.3) is 0 Å². The molecule has 22 heavy (non-hydrogen) atoms. The Kier molecular flexibility index (Phi) is 5.21. The van der Waals surface area contributed by atoms with Crippen LogP contribution in [0, 0.1) is 6.92 Å². The number of rotatable bonds is 5. The van der Waals surface area contributed by atoms with Crippen molar-refractivity contribution in [3.8, 4) is 0 Å². The largest absolute Gasteiger partial charge is 0.388 e. The number of aromatic nitrogens is 1. The number of nitrogens with one attached hydrogen (secondary N) is 1. The summed E-state index contributed by atoms with van der Waals surface area (Å²) in [6, 6.07) is 6.83. The molecule has 0 saturated carbocycles. The number of aryl methyl sites for hydroxylation is 1. The minimum atomic E-state index is -0.855. The monoisotopic (exact) mass is 338 g/mol. The first-order chi connectivity index (χ1) is 10.3. The van der Waals surface area contributed by atoms with E-state index < -0.39 is 11.6 Å². The van der Waals surface area contributed by atoms with Crippen LogP contribution in [0.2, 0.25) is 5.02 Å². The Morgan fingerprint density at radius 2 is 2.05 bits per heavy atom. The number of carbonyl (C=O) groups excluding carboxylic acids is 1. The van der Waals surface area contributed by atoms with Crippen LogP contribution in [0.1, 0.15) is 41.8 Å². The van der Waals surface area contributed by atoms with Crippen LogP contribution in [0.15, 0.2) is 30.5 Å². The van der Waals surface area contributed by atoms with Gasteiger partial charge < -0.3 is 10.4 Å². The van der Waals surface area contributed by atoms with E-state index in [9.17, 15) is 9.90 Å². The molecule has 0 aliphatic rings. The van der Waals surface area contributed by atoms with Crippen molar-refractivity contribution in [3.63, 3.8) is 0 Å². The lowest BCUT2D eigenvalue weighted by Crippen LogP contribution is -2.41. The number of amides is 1. The highest BCUT2D eigenvalue weighted by atomic mass is 35.5. The molecule has 2 N–H and O–H groups in total. The third kappa shape index (κ3) is 4.29. The van der Waals surface area contributed by atoms with E-state index in [1.165, 1.54) is 0 Å². The van der Waals surface area contributed by atoms with E-state index >= 15 is 0 Å². The lowest BCUT2D eigenvalue weighted by Gasteiger charge is -2.24. The molecule has 1 unspecified atom stereocenters. The molecule has 4 nitrogen and oxygen atoms in total. The van der Waals surface area contributed by atoms with Gasteiger partial charge in [-0.25, -0.2) is 4.98 Å². The third-order valence-corrected chi connectivity index (χ3v) is 4.73. The van der Waals surface area contributed by atoms with Crippen molar-refractivity contribution in [3.05, 3.63) is 50.9 Å². The fourth-order valence-corrected chi connectivity index (χ4v) is 3.02. The third-order valence-electron chi connectivity index (χ3n) is 3.24. The highest BCUT2D eigenvalue weighted by molar-refractivity contribution is 7.11. The summed E-state index contributed by atoms with van der Waals surface area (Å²) in [5.74, 6) is -0.222. The van der Waals surface area contributed by atoms with Crippen LogP contribution >= 0.6 is 22.9 Å². The summed E-state index contributed by atoms with van der Waals surface area (Å²) in [6.45, 7) is 5.78. The van der Waals surface area contributed by atoms with E-state index in [4.69, 9.17) is 11.6 Å². The number of benzene rings is 1. The SMILES string of the molecule is Cc1cnc(C(C)(C)NC(=O)CC(O)c2ccc(Cl)cc2)s1. The van der Waals surface area contributed by atoms with E-state index in [-0.39, 0.29) is 12.3 Å². The molecule has 0 saturated heterocycles. The Bertz CT molecular complexity index is 652. The highest BCUT2D eigenvalue weighted by Crippen LogP contribution is 2.26. The van der Waals surface area contributed by atoms with Crippen molar-refractivity contribution in [1.29, 1.82) is 0 Å². The Balaban J connectivity index is 1.98.